The van der Waals surface area contributed by atoms with E-state index in [9.17, 15) is 27.6 Å². The van der Waals surface area contributed by atoms with Crippen molar-refractivity contribution in [2.45, 2.75) is 32.5 Å². The summed E-state index contributed by atoms with van der Waals surface area (Å²) in [5.74, 6) is -1.22. The van der Waals surface area contributed by atoms with E-state index in [0.29, 0.717) is 0 Å². The Hall–Kier alpha value is -3.90. The van der Waals surface area contributed by atoms with Crippen molar-refractivity contribution in [2.24, 2.45) is 0 Å². The molecule has 0 bridgehead atoms. The second-order valence-electron chi connectivity index (χ2n) is 6.50. The van der Waals surface area contributed by atoms with Crippen LogP contribution in [0.1, 0.15) is 41.5 Å². The van der Waals surface area contributed by atoms with Crippen LogP contribution >= 0.6 is 0 Å². The molecule has 13 heteroatoms. The minimum Gasteiger partial charge on any atom is -0.347 e. The van der Waals surface area contributed by atoms with Gasteiger partial charge in [-0.15, -0.1) is 0 Å². The average Bonchev–Trinajstić information content (AvgIpc) is 3.13. The number of carbonyl (C=O) groups excluding carboxylic acids is 3. The minimum absolute atomic E-state index is 0.0338. The average molecular weight is 435 g/mol. The van der Waals surface area contributed by atoms with Gasteiger partial charge in [-0.3, -0.25) is 19.7 Å². The Morgan fingerprint density at radius 2 is 1.90 bits per heavy atom. The lowest BCUT2D eigenvalue weighted by Gasteiger charge is -2.09. The van der Waals surface area contributed by atoms with E-state index in [1.807, 2.05) is 0 Å². The van der Waals surface area contributed by atoms with Gasteiger partial charge in [-0.05, 0) is 24.6 Å². The van der Waals surface area contributed by atoms with E-state index in [1.54, 1.807) is 0 Å². The number of hydrogen-bond acceptors (Lipinski definition) is 7. The number of nitrogens with one attached hydrogen (secondary N) is 3. The van der Waals surface area contributed by atoms with E-state index in [2.05, 4.69) is 35.8 Å². The van der Waals surface area contributed by atoms with Crippen molar-refractivity contribution in [3.63, 3.8) is 0 Å². The SMILES string of the molecule is CC(=O)CCC(=O)Nc1n[nH]c2c(C(=O)NCc3ccnc(C(F)(F)F)c3)ncnc12. The van der Waals surface area contributed by atoms with Crippen LogP contribution in [0.3, 0.4) is 0 Å². The maximum absolute atomic E-state index is 12.8. The number of anilines is 1. The fraction of sp³-hybridized carbons (Fsp3) is 0.278. The lowest BCUT2D eigenvalue weighted by Crippen LogP contribution is -2.24. The van der Waals surface area contributed by atoms with Crippen molar-refractivity contribution in [1.82, 2.24) is 30.5 Å². The third-order valence-corrected chi connectivity index (χ3v) is 4.10. The second-order valence-corrected chi connectivity index (χ2v) is 6.50. The van der Waals surface area contributed by atoms with Gasteiger partial charge >= 0.3 is 6.18 Å². The summed E-state index contributed by atoms with van der Waals surface area (Å²) in [7, 11) is 0. The molecule has 0 unspecified atom stereocenters. The predicted octanol–water partition coefficient (Wildman–Crippen LogP) is 2.00. The topological polar surface area (TPSA) is 143 Å². The van der Waals surface area contributed by atoms with Crippen LogP contribution in [0.5, 0.6) is 0 Å². The molecule has 0 aromatic carbocycles. The molecule has 3 aromatic rings. The second kappa shape index (κ2) is 8.85. The standard InChI is InChI=1S/C18H16F3N7O3/c1-9(29)2-3-12(30)26-16-14-13(27-28-16)15(25-8-24-14)17(31)23-7-10-4-5-22-11(6-10)18(19,20)21/h4-6,8H,2-3,7H2,1H3,(H,23,31)(H2,26,27,28,30). The number of carbonyl (C=O) groups is 3. The van der Waals surface area contributed by atoms with E-state index < -0.39 is 23.7 Å². The Kier molecular flexibility index (Phi) is 6.22. The third-order valence-electron chi connectivity index (χ3n) is 4.10. The fourth-order valence-electron chi connectivity index (χ4n) is 2.58. The number of aromatic nitrogens is 5. The summed E-state index contributed by atoms with van der Waals surface area (Å²) < 4.78 is 38.3. The number of fused-ring (bicyclic) bond motifs is 1. The van der Waals surface area contributed by atoms with Crippen molar-refractivity contribution in [3.8, 4) is 0 Å². The lowest BCUT2D eigenvalue weighted by atomic mass is 10.2. The van der Waals surface area contributed by atoms with Crippen molar-refractivity contribution in [1.29, 1.82) is 0 Å². The Labute approximate surface area is 172 Å². The molecular weight excluding hydrogens is 419 g/mol. The van der Waals surface area contributed by atoms with Crippen LogP contribution in [-0.2, 0) is 22.3 Å². The van der Waals surface area contributed by atoms with Gasteiger partial charge in [0, 0.05) is 25.6 Å². The molecule has 2 amide bonds. The number of pyridine rings is 1. The number of alkyl halides is 3. The highest BCUT2D eigenvalue weighted by molar-refractivity contribution is 6.06. The molecule has 0 saturated heterocycles. The Balaban J connectivity index is 1.73. The molecule has 0 aliphatic rings. The summed E-state index contributed by atoms with van der Waals surface area (Å²) in [5.41, 5.74) is -0.676. The van der Waals surface area contributed by atoms with Crippen LogP contribution in [0, 0.1) is 0 Å². The fourth-order valence-corrected chi connectivity index (χ4v) is 2.58. The van der Waals surface area contributed by atoms with Gasteiger partial charge in [-0.2, -0.15) is 18.3 Å². The molecule has 0 aliphatic heterocycles. The molecule has 3 aromatic heterocycles. The molecule has 0 spiro atoms. The van der Waals surface area contributed by atoms with Crippen molar-refractivity contribution in [3.05, 3.63) is 41.6 Å². The van der Waals surface area contributed by atoms with Gasteiger partial charge in [0.2, 0.25) is 5.91 Å². The first kappa shape index (κ1) is 21.8. The van der Waals surface area contributed by atoms with E-state index in [-0.39, 0.29) is 53.3 Å². The first-order valence-corrected chi connectivity index (χ1v) is 8.94. The van der Waals surface area contributed by atoms with Gasteiger partial charge in [0.25, 0.3) is 5.91 Å². The maximum atomic E-state index is 12.8. The smallest absolute Gasteiger partial charge is 0.347 e. The Bertz CT molecular complexity index is 1140. The number of aromatic amines is 1. The molecule has 0 fully saturated rings. The molecule has 0 saturated carbocycles. The molecule has 0 radical (unpaired) electrons. The number of nitrogens with zero attached hydrogens (tertiary/aromatic N) is 4. The van der Waals surface area contributed by atoms with Gasteiger partial charge in [0.05, 0.1) is 0 Å². The first-order valence-electron chi connectivity index (χ1n) is 8.94. The predicted molar refractivity (Wildman–Crippen MR) is 101 cm³/mol. The number of ketones is 1. The summed E-state index contributed by atoms with van der Waals surface area (Å²) in [5, 5.41) is 11.4. The Morgan fingerprint density at radius 3 is 2.61 bits per heavy atom. The summed E-state index contributed by atoms with van der Waals surface area (Å²) in [6, 6.07) is 2.18. The van der Waals surface area contributed by atoms with E-state index in [0.717, 1.165) is 18.6 Å². The molecule has 10 nitrogen and oxygen atoms in total. The van der Waals surface area contributed by atoms with Crippen molar-refractivity contribution >= 4 is 34.4 Å². The number of hydrogen-bond donors (Lipinski definition) is 3. The largest absolute Gasteiger partial charge is 0.433 e. The lowest BCUT2D eigenvalue weighted by molar-refractivity contribution is -0.141. The van der Waals surface area contributed by atoms with Crippen LogP contribution in [0.25, 0.3) is 11.0 Å². The van der Waals surface area contributed by atoms with E-state index >= 15 is 0 Å². The third kappa shape index (κ3) is 5.38. The molecule has 0 aliphatic carbocycles. The van der Waals surface area contributed by atoms with Gasteiger partial charge in [0.15, 0.2) is 11.5 Å². The number of H-pyrrole nitrogens is 1. The highest BCUT2D eigenvalue weighted by Crippen LogP contribution is 2.27. The van der Waals surface area contributed by atoms with Crippen LogP contribution < -0.4 is 10.6 Å². The van der Waals surface area contributed by atoms with E-state index in [1.165, 1.54) is 13.0 Å². The van der Waals surface area contributed by atoms with Crippen LogP contribution in [-0.4, -0.2) is 42.7 Å². The van der Waals surface area contributed by atoms with Crippen LogP contribution in [0.4, 0.5) is 19.0 Å². The van der Waals surface area contributed by atoms with Gasteiger partial charge in [-0.25, -0.2) is 9.97 Å². The summed E-state index contributed by atoms with van der Waals surface area (Å²) >= 11 is 0. The summed E-state index contributed by atoms with van der Waals surface area (Å²) in [4.78, 5) is 46.5. The number of Topliss-reactive ketones (excluding diaryl/α,β-unsaturated/α-hetero) is 1. The molecule has 31 heavy (non-hydrogen) atoms. The highest BCUT2D eigenvalue weighted by atomic mass is 19.4. The number of amides is 2. The minimum atomic E-state index is -4.60. The normalized spacial score (nSPS) is 11.4. The molecule has 3 heterocycles. The molecule has 0 atom stereocenters. The zero-order chi connectivity index (χ0) is 22.6. The Morgan fingerprint density at radius 1 is 1.13 bits per heavy atom. The molecule has 162 valence electrons. The summed E-state index contributed by atoms with van der Waals surface area (Å²) in [6.45, 7) is 1.17. The molecule has 3 N–H and O–H groups in total. The van der Waals surface area contributed by atoms with Crippen molar-refractivity contribution < 1.29 is 27.6 Å². The molecule has 3 rings (SSSR count). The van der Waals surface area contributed by atoms with Gasteiger partial charge < -0.3 is 15.4 Å². The number of rotatable bonds is 7. The van der Waals surface area contributed by atoms with Gasteiger partial charge in [0.1, 0.15) is 28.8 Å². The van der Waals surface area contributed by atoms with Crippen molar-refractivity contribution in [2.75, 3.05) is 5.32 Å². The zero-order valence-electron chi connectivity index (χ0n) is 16.1. The van der Waals surface area contributed by atoms with Gasteiger partial charge in [-0.1, -0.05) is 0 Å². The number of halogens is 3. The van der Waals surface area contributed by atoms with Crippen LogP contribution in [0.2, 0.25) is 0 Å². The highest BCUT2D eigenvalue weighted by Gasteiger charge is 2.32. The van der Waals surface area contributed by atoms with Crippen LogP contribution in [0.15, 0.2) is 24.7 Å². The first-order chi connectivity index (χ1) is 14.6. The quantitative estimate of drug-likeness (QED) is 0.515. The zero-order valence-corrected chi connectivity index (χ0v) is 16.1. The monoisotopic (exact) mass is 435 g/mol. The summed E-state index contributed by atoms with van der Waals surface area (Å²) in [6.07, 6.45) is -2.47. The molecular formula is C18H16F3N7O3. The maximum Gasteiger partial charge on any atom is 0.433 e. The van der Waals surface area contributed by atoms with E-state index in [4.69, 9.17) is 0 Å².